The molecular weight excluding hydrogens is 342 g/mol. The van der Waals surface area contributed by atoms with Crippen LogP contribution >= 0.6 is 0 Å². The average Bonchev–Trinajstić information content (AvgIpc) is 3.15. The van der Waals surface area contributed by atoms with Crippen molar-refractivity contribution in [1.82, 2.24) is 5.32 Å². The number of likely N-dealkylation sites (N-methyl/N-ethyl adjacent to an activating group) is 1. The first-order chi connectivity index (χ1) is 12.7. The number of nitrogens with one attached hydrogen (secondary N) is 1. The van der Waals surface area contributed by atoms with Crippen LogP contribution in [0.5, 0.6) is 0 Å². The van der Waals surface area contributed by atoms with Gasteiger partial charge >= 0.3 is 0 Å². The SMILES string of the molecule is CNC(=O)[C@@]1(O)CC[C@H]2[C@@H]3CCC4=CC(=O)C=C[C@]4(C)[C@H]3[C@@H](O)C3C(C)[C@]321. The average molecular weight is 371 g/mol. The highest BCUT2D eigenvalue weighted by molar-refractivity contribution is 6.01. The van der Waals surface area contributed by atoms with Crippen molar-refractivity contribution in [1.29, 1.82) is 0 Å². The van der Waals surface area contributed by atoms with Crippen LogP contribution in [0, 0.1) is 40.4 Å². The lowest BCUT2D eigenvalue weighted by molar-refractivity contribution is -0.158. The van der Waals surface area contributed by atoms with Crippen molar-refractivity contribution in [2.45, 2.75) is 51.2 Å². The van der Waals surface area contributed by atoms with E-state index >= 15 is 0 Å². The highest BCUT2D eigenvalue weighted by Crippen LogP contribution is 2.81. The molecule has 5 nitrogen and oxygen atoms in total. The molecule has 0 radical (unpaired) electrons. The van der Waals surface area contributed by atoms with Gasteiger partial charge in [0.2, 0.25) is 0 Å². The molecule has 27 heavy (non-hydrogen) atoms. The topological polar surface area (TPSA) is 86.6 Å². The summed E-state index contributed by atoms with van der Waals surface area (Å²) in [6.45, 7) is 4.25. The fourth-order valence-corrected chi connectivity index (χ4v) is 8.28. The predicted molar refractivity (Wildman–Crippen MR) is 99.4 cm³/mol. The third kappa shape index (κ3) is 1.74. The summed E-state index contributed by atoms with van der Waals surface area (Å²) in [4.78, 5) is 24.6. The molecule has 4 saturated carbocycles. The Bertz CT molecular complexity index is 802. The third-order valence-electron chi connectivity index (χ3n) is 9.24. The molecule has 0 bridgehead atoms. The van der Waals surface area contributed by atoms with Crippen molar-refractivity contribution in [2.24, 2.45) is 40.4 Å². The summed E-state index contributed by atoms with van der Waals surface area (Å²) in [6.07, 6.45) is 7.91. The molecule has 1 spiro atoms. The molecule has 0 aromatic rings. The molecule has 4 fully saturated rings. The van der Waals surface area contributed by atoms with Crippen LogP contribution < -0.4 is 5.32 Å². The van der Waals surface area contributed by atoms with Crippen LogP contribution in [-0.4, -0.2) is 40.7 Å². The number of fused-ring (bicyclic) bond motifs is 4. The Morgan fingerprint density at radius 3 is 2.74 bits per heavy atom. The Balaban J connectivity index is 1.61. The van der Waals surface area contributed by atoms with Gasteiger partial charge in [0, 0.05) is 23.8 Å². The van der Waals surface area contributed by atoms with Crippen LogP contribution in [-0.2, 0) is 9.59 Å². The monoisotopic (exact) mass is 371 g/mol. The van der Waals surface area contributed by atoms with Crippen molar-refractivity contribution >= 4 is 11.7 Å². The molecule has 5 rings (SSSR count). The maximum Gasteiger partial charge on any atom is 0.252 e. The van der Waals surface area contributed by atoms with Crippen molar-refractivity contribution in [3.05, 3.63) is 23.8 Å². The number of ketones is 1. The Hall–Kier alpha value is -1.46. The normalized spacial score (nSPS) is 55.0. The second-order valence-electron chi connectivity index (χ2n) is 9.74. The van der Waals surface area contributed by atoms with Gasteiger partial charge in [-0.05, 0) is 61.5 Å². The van der Waals surface area contributed by atoms with Crippen molar-refractivity contribution in [3.63, 3.8) is 0 Å². The maximum absolute atomic E-state index is 12.7. The van der Waals surface area contributed by atoms with Gasteiger partial charge in [0.25, 0.3) is 5.91 Å². The summed E-state index contributed by atoms with van der Waals surface area (Å²) in [5, 5.41) is 25.6. The van der Waals surface area contributed by atoms with Gasteiger partial charge in [-0.15, -0.1) is 0 Å². The highest BCUT2D eigenvalue weighted by Gasteiger charge is 2.85. The number of hydrogen-bond donors (Lipinski definition) is 3. The second-order valence-corrected chi connectivity index (χ2v) is 9.74. The number of carbonyl (C=O) groups is 2. The molecule has 0 saturated heterocycles. The minimum atomic E-state index is -1.38. The van der Waals surface area contributed by atoms with E-state index in [1.54, 1.807) is 19.2 Å². The van der Waals surface area contributed by atoms with Crippen molar-refractivity contribution < 1.29 is 19.8 Å². The number of rotatable bonds is 1. The van der Waals surface area contributed by atoms with Crippen molar-refractivity contribution in [2.75, 3.05) is 7.05 Å². The molecule has 3 N–H and O–H groups in total. The Kier molecular flexibility index (Phi) is 3.34. The number of amides is 1. The molecule has 0 aromatic heterocycles. The van der Waals surface area contributed by atoms with Crippen LogP contribution in [0.15, 0.2) is 23.8 Å². The van der Waals surface area contributed by atoms with Crippen LogP contribution in [0.2, 0.25) is 0 Å². The van der Waals surface area contributed by atoms with E-state index < -0.39 is 17.1 Å². The third-order valence-corrected chi connectivity index (χ3v) is 9.24. The van der Waals surface area contributed by atoms with Crippen molar-refractivity contribution in [3.8, 4) is 0 Å². The predicted octanol–water partition coefficient (Wildman–Crippen LogP) is 1.60. The van der Waals surface area contributed by atoms with Crippen LogP contribution in [0.3, 0.4) is 0 Å². The summed E-state index contributed by atoms with van der Waals surface area (Å²) < 4.78 is 0. The molecule has 146 valence electrons. The molecular formula is C22H29NO4. The van der Waals surface area contributed by atoms with Gasteiger partial charge in [0.15, 0.2) is 5.78 Å². The number of aliphatic hydroxyl groups is 2. The van der Waals surface area contributed by atoms with E-state index in [0.717, 1.165) is 24.8 Å². The fourth-order valence-electron chi connectivity index (χ4n) is 8.28. The Morgan fingerprint density at radius 1 is 1.30 bits per heavy atom. The molecule has 0 heterocycles. The number of aliphatic hydroxyl groups excluding tert-OH is 1. The van der Waals surface area contributed by atoms with E-state index in [0.29, 0.717) is 6.42 Å². The smallest absolute Gasteiger partial charge is 0.252 e. The standard InChI is InChI=1S/C22H29NO4/c1-11-16-18(25)17-14(5-4-12-10-13(24)6-8-20(12,17)2)15-7-9-21(27,19(26)23-3)22(11,15)16/h6,8,10-11,14-18,25,27H,4-5,7,9H2,1-3H3,(H,23,26)/t11?,14-,15-,16?,17+,18-,20-,21-,22+/m0/s1. The van der Waals surface area contributed by atoms with E-state index in [2.05, 4.69) is 19.2 Å². The van der Waals surface area contributed by atoms with E-state index in [1.165, 1.54) is 0 Å². The zero-order chi connectivity index (χ0) is 19.4. The van der Waals surface area contributed by atoms with Gasteiger partial charge in [-0.3, -0.25) is 9.59 Å². The molecule has 5 aliphatic carbocycles. The van der Waals surface area contributed by atoms with Crippen LogP contribution in [0.1, 0.15) is 39.5 Å². The first-order valence-electron chi connectivity index (χ1n) is 10.3. The van der Waals surface area contributed by atoms with Crippen LogP contribution in [0.25, 0.3) is 0 Å². The Morgan fingerprint density at radius 2 is 2.04 bits per heavy atom. The first kappa shape index (κ1) is 17.6. The van der Waals surface area contributed by atoms with E-state index in [9.17, 15) is 19.8 Å². The minimum absolute atomic E-state index is 0.0372. The quantitative estimate of drug-likeness (QED) is 0.653. The molecule has 2 unspecified atom stereocenters. The van der Waals surface area contributed by atoms with E-state index in [-0.39, 0.29) is 46.7 Å². The number of hydrogen-bond acceptors (Lipinski definition) is 4. The van der Waals surface area contributed by atoms with E-state index in [1.807, 2.05) is 6.08 Å². The summed E-state index contributed by atoms with van der Waals surface area (Å²) in [5.41, 5.74) is -1.05. The maximum atomic E-state index is 12.7. The summed E-state index contributed by atoms with van der Waals surface area (Å²) in [6, 6.07) is 0. The lowest BCUT2D eigenvalue weighted by Gasteiger charge is -2.55. The van der Waals surface area contributed by atoms with Gasteiger partial charge < -0.3 is 15.5 Å². The summed E-state index contributed by atoms with van der Waals surface area (Å²) >= 11 is 0. The Labute approximate surface area is 159 Å². The lowest BCUT2D eigenvalue weighted by atomic mass is 9.49. The van der Waals surface area contributed by atoms with Gasteiger partial charge in [-0.25, -0.2) is 0 Å². The molecule has 9 atom stereocenters. The van der Waals surface area contributed by atoms with Crippen LogP contribution in [0.4, 0.5) is 0 Å². The molecule has 5 aliphatic rings. The summed E-state index contributed by atoms with van der Waals surface area (Å²) in [7, 11) is 1.58. The molecule has 5 heteroatoms. The number of allylic oxidation sites excluding steroid dienone is 4. The summed E-state index contributed by atoms with van der Waals surface area (Å²) in [5.74, 6) is 0.360. The molecule has 0 aliphatic heterocycles. The zero-order valence-corrected chi connectivity index (χ0v) is 16.2. The van der Waals surface area contributed by atoms with Gasteiger partial charge in [-0.1, -0.05) is 25.5 Å². The largest absolute Gasteiger partial charge is 0.392 e. The van der Waals surface area contributed by atoms with Gasteiger partial charge in [-0.2, -0.15) is 0 Å². The number of carbonyl (C=O) groups excluding carboxylic acids is 2. The van der Waals surface area contributed by atoms with E-state index in [4.69, 9.17) is 0 Å². The molecule has 0 aromatic carbocycles. The van der Waals surface area contributed by atoms with Gasteiger partial charge in [0.05, 0.1) is 6.10 Å². The van der Waals surface area contributed by atoms with Gasteiger partial charge in [0.1, 0.15) is 5.60 Å². The highest BCUT2D eigenvalue weighted by atomic mass is 16.3. The minimum Gasteiger partial charge on any atom is -0.392 e. The first-order valence-corrected chi connectivity index (χ1v) is 10.3. The zero-order valence-electron chi connectivity index (χ0n) is 16.2. The fraction of sp³-hybridized carbons (Fsp3) is 0.727. The molecule has 1 amide bonds. The lowest BCUT2D eigenvalue weighted by Crippen LogP contribution is -2.59. The second kappa shape index (κ2) is 5.12.